The molecule has 1 fully saturated rings. The van der Waals surface area contributed by atoms with Gasteiger partial charge < -0.3 is 0 Å². The molecule has 0 spiro atoms. The van der Waals surface area contributed by atoms with E-state index < -0.39 is 0 Å². The molecule has 0 aromatic heterocycles. The molecule has 2 atom stereocenters. The fourth-order valence-electron chi connectivity index (χ4n) is 4.46. The van der Waals surface area contributed by atoms with E-state index in [4.69, 9.17) is 0 Å². The number of piperidine rings is 1. The van der Waals surface area contributed by atoms with Crippen molar-refractivity contribution in [3.8, 4) is 0 Å². The fraction of sp³-hybridized carbons (Fsp3) is 0.720. The molecule has 1 aromatic carbocycles. The lowest BCUT2D eigenvalue weighted by Crippen LogP contribution is -2.43. The molecule has 3 heteroatoms. The summed E-state index contributed by atoms with van der Waals surface area (Å²) in [6.45, 7) is 2.27. The average Bonchev–Trinajstić information content (AvgIpc) is 2.72. The summed E-state index contributed by atoms with van der Waals surface area (Å²) in [6.07, 6.45) is 18.2. The summed E-state index contributed by atoms with van der Waals surface area (Å²) in [7, 11) is 0. The highest BCUT2D eigenvalue weighted by molar-refractivity contribution is 5.77. The summed E-state index contributed by atoms with van der Waals surface area (Å²) >= 11 is 0. The number of unbranched alkanes of at least 4 members (excludes halogenated alkanes) is 11. The SMILES string of the molecule is CCCCCCCCCCCCCC[C@@H]1C[C@H](c2ccccc2)CC(=O)N1O. The van der Waals surface area contributed by atoms with Crippen molar-refractivity contribution in [1.82, 2.24) is 5.06 Å². The molecule has 0 aliphatic carbocycles. The summed E-state index contributed by atoms with van der Waals surface area (Å²) in [5, 5.41) is 11.2. The van der Waals surface area contributed by atoms with Crippen molar-refractivity contribution in [1.29, 1.82) is 0 Å². The molecule has 1 saturated heterocycles. The van der Waals surface area contributed by atoms with Crippen LogP contribution < -0.4 is 0 Å². The van der Waals surface area contributed by atoms with Gasteiger partial charge in [0.2, 0.25) is 5.91 Å². The van der Waals surface area contributed by atoms with Crippen LogP contribution in [0.4, 0.5) is 0 Å². The number of amides is 1. The third-order valence-corrected chi connectivity index (χ3v) is 6.24. The summed E-state index contributed by atoms with van der Waals surface area (Å²) in [4.78, 5) is 12.2. The van der Waals surface area contributed by atoms with Crippen LogP contribution in [0.5, 0.6) is 0 Å². The third-order valence-electron chi connectivity index (χ3n) is 6.24. The van der Waals surface area contributed by atoms with Crippen LogP contribution in [0, 0.1) is 0 Å². The van der Waals surface area contributed by atoms with E-state index in [9.17, 15) is 10.0 Å². The molecular formula is C25H41NO2. The predicted molar refractivity (Wildman–Crippen MR) is 117 cm³/mol. The van der Waals surface area contributed by atoms with Gasteiger partial charge in [0.1, 0.15) is 0 Å². The van der Waals surface area contributed by atoms with Gasteiger partial charge in [-0.05, 0) is 24.3 Å². The maximum atomic E-state index is 12.2. The minimum atomic E-state index is -0.121. The van der Waals surface area contributed by atoms with Gasteiger partial charge in [0.05, 0.1) is 6.04 Å². The van der Waals surface area contributed by atoms with Gasteiger partial charge in [-0.1, -0.05) is 114 Å². The Morgan fingerprint density at radius 1 is 0.857 bits per heavy atom. The van der Waals surface area contributed by atoms with E-state index in [0.717, 1.165) is 24.3 Å². The van der Waals surface area contributed by atoms with Crippen LogP contribution in [-0.2, 0) is 4.79 Å². The standard InChI is InChI=1S/C25H41NO2/c1-2-3-4-5-6-7-8-9-10-11-12-16-19-24-20-23(21-25(27)26(24)28)22-17-14-13-15-18-22/h13-15,17-18,23-24,28H,2-12,16,19-21H2,1H3/t23-,24+/m0/s1. The lowest BCUT2D eigenvalue weighted by Gasteiger charge is -2.35. The summed E-state index contributed by atoms with van der Waals surface area (Å²) in [5.41, 5.74) is 1.23. The van der Waals surface area contributed by atoms with Gasteiger partial charge >= 0.3 is 0 Å². The van der Waals surface area contributed by atoms with Crippen LogP contribution >= 0.6 is 0 Å². The molecule has 1 aromatic rings. The molecule has 1 amide bonds. The zero-order valence-corrected chi connectivity index (χ0v) is 18.0. The second-order valence-corrected chi connectivity index (χ2v) is 8.62. The number of hydrogen-bond donors (Lipinski definition) is 1. The number of carbonyl (C=O) groups excluding carboxylic acids is 1. The first kappa shape index (κ1) is 22.9. The van der Waals surface area contributed by atoms with Gasteiger partial charge in [0.25, 0.3) is 0 Å². The van der Waals surface area contributed by atoms with Crippen molar-refractivity contribution in [3.05, 3.63) is 35.9 Å². The molecular weight excluding hydrogens is 346 g/mol. The summed E-state index contributed by atoms with van der Waals surface area (Å²) < 4.78 is 0. The molecule has 1 aliphatic rings. The van der Waals surface area contributed by atoms with E-state index in [-0.39, 0.29) is 17.9 Å². The van der Waals surface area contributed by atoms with Crippen molar-refractivity contribution in [3.63, 3.8) is 0 Å². The first-order valence-electron chi connectivity index (χ1n) is 11.8. The van der Waals surface area contributed by atoms with Crippen molar-refractivity contribution in [2.75, 3.05) is 0 Å². The average molecular weight is 388 g/mol. The first-order valence-corrected chi connectivity index (χ1v) is 11.8. The molecule has 0 radical (unpaired) electrons. The highest BCUT2D eigenvalue weighted by Crippen LogP contribution is 2.33. The van der Waals surface area contributed by atoms with E-state index in [1.54, 1.807) is 0 Å². The van der Waals surface area contributed by atoms with Crippen molar-refractivity contribution in [2.45, 2.75) is 115 Å². The number of hydrogen-bond acceptors (Lipinski definition) is 2. The molecule has 1 aliphatic heterocycles. The molecule has 0 saturated carbocycles. The van der Waals surface area contributed by atoms with Gasteiger partial charge in [-0.15, -0.1) is 0 Å². The predicted octanol–water partition coefficient (Wildman–Crippen LogP) is 7.24. The van der Waals surface area contributed by atoms with Crippen LogP contribution in [-0.4, -0.2) is 22.2 Å². The quantitative estimate of drug-likeness (QED) is 0.270. The normalized spacial score (nSPS) is 19.9. The van der Waals surface area contributed by atoms with Crippen molar-refractivity contribution in [2.24, 2.45) is 0 Å². The molecule has 2 rings (SSSR count). The number of rotatable bonds is 14. The Kier molecular flexibility index (Phi) is 11.3. The van der Waals surface area contributed by atoms with Gasteiger partial charge in [-0.2, -0.15) is 0 Å². The molecule has 3 nitrogen and oxygen atoms in total. The third kappa shape index (κ3) is 8.34. The Balaban J connectivity index is 1.54. The summed E-state index contributed by atoms with van der Waals surface area (Å²) in [5.74, 6) is 0.128. The van der Waals surface area contributed by atoms with E-state index in [1.165, 1.54) is 76.2 Å². The highest BCUT2D eigenvalue weighted by Gasteiger charge is 2.33. The lowest BCUT2D eigenvalue weighted by molar-refractivity contribution is -0.184. The Morgan fingerprint density at radius 2 is 1.39 bits per heavy atom. The largest absolute Gasteiger partial charge is 0.286 e. The zero-order chi connectivity index (χ0) is 20.0. The zero-order valence-electron chi connectivity index (χ0n) is 18.0. The van der Waals surface area contributed by atoms with Crippen molar-refractivity contribution >= 4 is 5.91 Å². The lowest BCUT2D eigenvalue weighted by atomic mass is 9.84. The minimum absolute atomic E-state index is 0.0189. The highest BCUT2D eigenvalue weighted by atomic mass is 16.5. The smallest absolute Gasteiger partial charge is 0.246 e. The second kappa shape index (κ2) is 13.8. The van der Waals surface area contributed by atoms with E-state index in [0.29, 0.717) is 6.42 Å². The fourth-order valence-corrected chi connectivity index (χ4v) is 4.46. The van der Waals surface area contributed by atoms with Crippen LogP contribution in [0.15, 0.2) is 30.3 Å². The van der Waals surface area contributed by atoms with Gasteiger partial charge in [0.15, 0.2) is 0 Å². The Labute approximate surface area is 172 Å². The Morgan fingerprint density at radius 3 is 1.96 bits per heavy atom. The van der Waals surface area contributed by atoms with Gasteiger partial charge in [-0.25, -0.2) is 5.06 Å². The monoisotopic (exact) mass is 387 g/mol. The molecule has 0 unspecified atom stereocenters. The van der Waals surface area contributed by atoms with Crippen LogP contribution in [0.1, 0.15) is 115 Å². The van der Waals surface area contributed by atoms with Crippen LogP contribution in [0.3, 0.4) is 0 Å². The van der Waals surface area contributed by atoms with Gasteiger partial charge in [0, 0.05) is 6.42 Å². The topological polar surface area (TPSA) is 40.5 Å². The summed E-state index contributed by atoms with van der Waals surface area (Å²) in [6, 6.07) is 10.3. The molecule has 0 bridgehead atoms. The molecule has 28 heavy (non-hydrogen) atoms. The molecule has 158 valence electrons. The number of carbonyl (C=O) groups is 1. The van der Waals surface area contributed by atoms with Crippen LogP contribution in [0.25, 0.3) is 0 Å². The maximum Gasteiger partial charge on any atom is 0.246 e. The van der Waals surface area contributed by atoms with Gasteiger partial charge in [-0.3, -0.25) is 10.0 Å². The Hall–Kier alpha value is -1.35. The number of nitrogens with zero attached hydrogens (tertiary/aromatic N) is 1. The number of hydroxylamine groups is 2. The van der Waals surface area contributed by atoms with Crippen LogP contribution in [0.2, 0.25) is 0 Å². The molecule has 1 heterocycles. The van der Waals surface area contributed by atoms with E-state index >= 15 is 0 Å². The first-order chi connectivity index (χ1) is 13.7. The Bertz CT molecular complexity index is 531. The van der Waals surface area contributed by atoms with Crippen molar-refractivity contribution < 1.29 is 10.0 Å². The van der Waals surface area contributed by atoms with E-state index in [1.807, 2.05) is 18.2 Å². The second-order valence-electron chi connectivity index (χ2n) is 8.62. The number of benzene rings is 1. The molecule has 1 N–H and O–H groups in total. The minimum Gasteiger partial charge on any atom is -0.286 e. The maximum absolute atomic E-state index is 12.2. The van der Waals surface area contributed by atoms with E-state index in [2.05, 4.69) is 19.1 Å².